The van der Waals surface area contributed by atoms with Crippen molar-refractivity contribution in [3.8, 4) is 0 Å². The molecule has 7 nitrogen and oxygen atoms in total. The van der Waals surface area contributed by atoms with Gasteiger partial charge in [0.25, 0.3) is 5.56 Å². The summed E-state index contributed by atoms with van der Waals surface area (Å²) in [5.74, 6) is -0.558. The maximum absolute atomic E-state index is 12.8. The number of rotatable bonds is 6. The molecule has 0 fully saturated rings. The quantitative estimate of drug-likeness (QED) is 0.710. The predicted octanol–water partition coefficient (Wildman–Crippen LogP) is 2.23. The van der Waals surface area contributed by atoms with E-state index in [1.165, 1.54) is 10.2 Å². The Bertz CT molecular complexity index is 1080. The summed E-state index contributed by atoms with van der Waals surface area (Å²) < 4.78 is 3.28. The van der Waals surface area contributed by atoms with Crippen molar-refractivity contribution >= 4 is 16.7 Å². The van der Waals surface area contributed by atoms with Crippen LogP contribution in [-0.4, -0.2) is 32.0 Å². The molecule has 1 unspecified atom stereocenters. The average Bonchev–Trinajstić information content (AvgIpc) is 2.93. The molecule has 0 aliphatic rings. The van der Waals surface area contributed by atoms with Gasteiger partial charge in [0.15, 0.2) is 0 Å². The van der Waals surface area contributed by atoms with E-state index in [9.17, 15) is 9.59 Å². The van der Waals surface area contributed by atoms with Gasteiger partial charge in [0, 0.05) is 31.2 Å². The highest BCUT2D eigenvalue weighted by Crippen LogP contribution is 2.21. The SMILES string of the molecule is CCn1nc(C(C)C(=O)NCCc2c(C)nn(C)c2C)c2ccccc2c1=O. The van der Waals surface area contributed by atoms with Gasteiger partial charge < -0.3 is 5.32 Å². The van der Waals surface area contributed by atoms with E-state index in [1.54, 1.807) is 6.07 Å². The molecule has 3 rings (SSSR count). The van der Waals surface area contributed by atoms with E-state index >= 15 is 0 Å². The van der Waals surface area contributed by atoms with Gasteiger partial charge in [0.1, 0.15) is 0 Å². The number of amides is 1. The third-order valence-electron chi connectivity index (χ3n) is 5.33. The lowest BCUT2D eigenvalue weighted by atomic mass is 10.0. The smallest absolute Gasteiger partial charge is 0.274 e. The van der Waals surface area contributed by atoms with Gasteiger partial charge in [0.05, 0.1) is 22.7 Å². The molecule has 0 aliphatic carbocycles. The number of nitrogens with zero attached hydrogens (tertiary/aromatic N) is 4. The van der Waals surface area contributed by atoms with Crippen LogP contribution in [0.1, 0.15) is 42.4 Å². The minimum absolute atomic E-state index is 0.0989. The highest BCUT2D eigenvalue weighted by Gasteiger charge is 2.21. The van der Waals surface area contributed by atoms with Gasteiger partial charge >= 0.3 is 0 Å². The normalized spacial score (nSPS) is 12.3. The van der Waals surface area contributed by atoms with Crippen LogP contribution in [-0.2, 0) is 24.8 Å². The number of aromatic nitrogens is 4. The first-order valence-electron chi connectivity index (χ1n) is 9.61. The van der Waals surface area contributed by atoms with E-state index in [1.807, 2.05) is 57.6 Å². The molecule has 2 aromatic heterocycles. The van der Waals surface area contributed by atoms with Gasteiger partial charge in [-0.3, -0.25) is 14.3 Å². The van der Waals surface area contributed by atoms with E-state index < -0.39 is 5.92 Å². The number of carbonyl (C=O) groups excluding carboxylic acids is 1. The van der Waals surface area contributed by atoms with Crippen LogP contribution in [0.15, 0.2) is 29.1 Å². The van der Waals surface area contributed by atoms with Crippen LogP contribution >= 0.6 is 0 Å². The number of aryl methyl sites for hydroxylation is 3. The highest BCUT2D eigenvalue weighted by atomic mass is 16.2. The molecule has 2 heterocycles. The van der Waals surface area contributed by atoms with Gasteiger partial charge in [-0.05, 0) is 45.7 Å². The summed E-state index contributed by atoms with van der Waals surface area (Å²) in [7, 11) is 1.92. The largest absolute Gasteiger partial charge is 0.355 e. The number of hydrogen-bond donors (Lipinski definition) is 1. The van der Waals surface area contributed by atoms with Gasteiger partial charge in [-0.25, -0.2) is 4.68 Å². The van der Waals surface area contributed by atoms with Crippen LogP contribution in [0, 0.1) is 13.8 Å². The lowest BCUT2D eigenvalue weighted by molar-refractivity contribution is -0.122. The second kappa shape index (κ2) is 7.96. The topological polar surface area (TPSA) is 81.8 Å². The number of nitrogens with one attached hydrogen (secondary N) is 1. The third-order valence-corrected chi connectivity index (χ3v) is 5.33. The Hall–Kier alpha value is -2.96. The molecule has 0 saturated carbocycles. The van der Waals surface area contributed by atoms with E-state index in [0.717, 1.165) is 23.2 Å². The van der Waals surface area contributed by atoms with Crippen molar-refractivity contribution in [2.45, 2.75) is 46.6 Å². The summed E-state index contributed by atoms with van der Waals surface area (Å²) in [6.07, 6.45) is 0.729. The zero-order valence-electron chi connectivity index (χ0n) is 17.1. The molecule has 148 valence electrons. The van der Waals surface area contributed by atoms with Crippen LogP contribution < -0.4 is 10.9 Å². The standard InChI is InChI=1S/C21H27N5O2/c1-6-26-21(28)18-10-8-7-9-17(18)19(24-26)13(2)20(27)22-12-11-16-14(3)23-25(5)15(16)4/h7-10,13H,6,11-12H2,1-5H3,(H,22,27). The Labute approximate surface area is 164 Å². The number of fused-ring (bicyclic) bond motifs is 1. The maximum Gasteiger partial charge on any atom is 0.274 e. The summed E-state index contributed by atoms with van der Waals surface area (Å²) in [6, 6.07) is 7.33. The van der Waals surface area contributed by atoms with E-state index in [0.29, 0.717) is 24.2 Å². The molecule has 1 N–H and O–H groups in total. The summed E-state index contributed by atoms with van der Waals surface area (Å²) in [5, 5.41) is 13.2. The molecule has 0 bridgehead atoms. The van der Waals surface area contributed by atoms with Crippen molar-refractivity contribution in [2.75, 3.05) is 6.54 Å². The minimum atomic E-state index is -0.459. The van der Waals surface area contributed by atoms with E-state index in [-0.39, 0.29) is 11.5 Å². The van der Waals surface area contributed by atoms with Crippen molar-refractivity contribution in [1.29, 1.82) is 0 Å². The van der Waals surface area contributed by atoms with Crippen LogP contribution in [0.4, 0.5) is 0 Å². The first-order chi connectivity index (χ1) is 13.3. The molecule has 7 heteroatoms. The summed E-state index contributed by atoms with van der Waals surface area (Å²) in [4.78, 5) is 25.3. The molecule has 0 saturated heterocycles. The fourth-order valence-electron chi connectivity index (χ4n) is 3.56. The van der Waals surface area contributed by atoms with Crippen molar-refractivity contribution in [1.82, 2.24) is 24.9 Å². The van der Waals surface area contributed by atoms with Crippen molar-refractivity contribution < 1.29 is 4.79 Å². The molecule has 0 spiro atoms. The average molecular weight is 381 g/mol. The lowest BCUT2D eigenvalue weighted by Crippen LogP contribution is -2.32. The molecule has 1 aromatic carbocycles. The number of carbonyl (C=O) groups is 1. The van der Waals surface area contributed by atoms with Crippen LogP contribution in [0.2, 0.25) is 0 Å². The fraction of sp³-hybridized carbons (Fsp3) is 0.429. The molecule has 1 atom stereocenters. The third kappa shape index (κ3) is 3.56. The predicted molar refractivity (Wildman–Crippen MR) is 109 cm³/mol. The van der Waals surface area contributed by atoms with Gasteiger partial charge in [-0.15, -0.1) is 0 Å². The second-order valence-corrected chi connectivity index (χ2v) is 7.09. The number of hydrogen-bond acceptors (Lipinski definition) is 4. The molecule has 0 aliphatic heterocycles. The maximum atomic E-state index is 12.8. The second-order valence-electron chi connectivity index (χ2n) is 7.09. The Morgan fingerprint density at radius 3 is 2.46 bits per heavy atom. The van der Waals surface area contributed by atoms with Crippen molar-refractivity contribution in [3.63, 3.8) is 0 Å². The summed E-state index contributed by atoms with van der Waals surface area (Å²) in [6.45, 7) is 8.71. The van der Waals surface area contributed by atoms with E-state index in [4.69, 9.17) is 0 Å². The molecular formula is C21H27N5O2. The molecule has 28 heavy (non-hydrogen) atoms. The molecule has 3 aromatic rings. The lowest BCUT2D eigenvalue weighted by Gasteiger charge is -2.15. The van der Waals surface area contributed by atoms with Gasteiger partial charge in [-0.1, -0.05) is 18.2 Å². The van der Waals surface area contributed by atoms with Crippen molar-refractivity contribution in [2.24, 2.45) is 7.05 Å². The molecule has 1 amide bonds. The first-order valence-corrected chi connectivity index (χ1v) is 9.61. The monoisotopic (exact) mass is 381 g/mol. The van der Waals surface area contributed by atoms with Crippen LogP contribution in [0.3, 0.4) is 0 Å². The Morgan fingerprint density at radius 1 is 1.18 bits per heavy atom. The summed E-state index contributed by atoms with van der Waals surface area (Å²) >= 11 is 0. The van der Waals surface area contributed by atoms with Crippen LogP contribution in [0.25, 0.3) is 10.8 Å². The zero-order chi connectivity index (χ0) is 20.4. The fourth-order valence-corrected chi connectivity index (χ4v) is 3.56. The first kappa shape index (κ1) is 19.8. The Kier molecular flexibility index (Phi) is 5.63. The highest BCUT2D eigenvalue weighted by molar-refractivity contribution is 5.91. The zero-order valence-corrected chi connectivity index (χ0v) is 17.1. The minimum Gasteiger partial charge on any atom is -0.355 e. The molecule has 0 radical (unpaired) electrons. The Morgan fingerprint density at radius 2 is 1.86 bits per heavy atom. The molecular weight excluding hydrogens is 354 g/mol. The Balaban J connectivity index is 1.80. The number of benzene rings is 1. The van der Waals surface area contributed by atoms with Gasteiger partial charge in [-0.2, -0.15) is 10.2 Å². The van der Waals surface area contributed by atoms with Crippen molar-refractivity contribution in [3.05, 3.63) is 57.3 Å². The van der Waals surface area contributed by atoms with Gasteiger partial charge in [0.2, 0.25) is 5.91 Å². The van der Waals surface area contributed by atoms with Crippen LogP contribution in [0.5, 0.6) is 0 Å². The van der Waals surface area contributed by atoms with E-state index in [2.05, 4.69) is 15.5 Å². The summed E-state index contributed by atoms with van der Waals surface area (Å²) in [5.41, 5.74) is 3.77.